The van der Waals surface area contributed by atoms with Crippen LogP contribution in [-0.4, -0.2) is 11.1 Å². The maximum Gasteiger partial charge on any atom is 0.337 e. The Bertz CT molecular complexity index is 641. The molecule has 0 fully saturated rings. The summed E-state index contributed by atoms with van der Waals surface area (Å²) in [7, 11) is 0. The zero-order valence-electron chi connectivity index (χ0n) is 10.2. The zero-order valence-corrected chi connectivity index (χ0v) is 11.8. The van der Waals surface area contributed by atoms with E-state index >= 15 is 0 Å². The van der Waals surface area contributed by atoms with Gasteiger partial charge in [-0.2, -0.15) is 0 Å². The van der Waals surface area contributed by atoms with Crippen molar-refractivity contribution in [3.8, 4) is 11.5 Å². The van der Waals surface area contributed by atoms with E-state index in [9.17, 15) is 4.79 Å². The molecule has 0 saturated heterocycles. The van der Waals surface area contributed by atoms with Crippen molar-refractivity contribution in [2.45, 2.75) is 6.92 Å². The normalized spacial score (nSPS) is 10.2. The second-order valence-electron chi connectivity index (χ2n) is 4.09. The van der Waals surface area contributed by atoms with Gasteiger partial charge in [0.2, 0.25) is 0 Å². The fourth-order valence-corrected chi connectivity index (χ4v) is 2.19. The van der Waals surface area contributed by atoms with Crippen LogP contribution in [0.4, 0.5) is 5.69 Å². The molecule has 2 aromatic carbocycles. The van der Waals surface area contributed by atoms with Crippen LogP contribution in [0.5, 0.6) is 11.5 Å². The lowest BCUT2D eigenvalue weighted by molar-refractivity contribution is 0.0698. The molecule has 0 atom stereocenters. The Balaban J connectivity index is 2.29. The van der Waals surface area contributed by atoms with Crippen LogP contribution in [0.25, 0.3) is 0 Å². The Labute approximate surface area is 118 Å². The Kier molecular flexibility index (Phi) is 3.76. The number of nitrogen functional groups attached to an aromatic ring is 1. The summed E-state index contributed by atoms with van der Waals surface area (Å²) in [6.45, 7) is 1.98. The number of hydrogen-bond acceptors (Lipinski definition) is 3. The van der Waals surface area contributed by atoms with E-state index in [1.165, 1.54) is 12.1 Å². The highest BCUT2D eigenvalue weighted by molar-refractivity contribution is 9.10. The van der Waals surface area contributed by atoms with E-state index in [2.05, 4.69) is 15.9 Å². The highest BCUT2D eigenvalue weighted by Crippen LogP contribution is 2.31. The number of benzene rings is 2. The molecular formula is C14H12BrNO3. The summed E-state index contributed by atoms with van der Waals surface area (Å²) in [5.41, 5.74) is 7.02. The van der Waals surface area contributed by atoms with E-state index in [0.717, 1.165) is 10.0 Å². The van der Waals surface area contributed by atoms with Crippen LogP contribution in [0.1, 0.15) is 15.9 Å². The molecule has 19 heavy (non-hydrogen) atoms. The van der Waals surface area contributed by atoms with Crippen molar-refractivity contribution < 1.29 is 14.6 Å². The Morgan fingerprint density at radius 2 is 2.00 bits per heavy atom. The highest BCUT2D eigenvalue weighted by atomic mass is 79.9. The number of aryl methyl sites for hydroxylation is 1. The number of carboxylic acid groups (broad SMARTS) is 1. The third-order valence-electron chi connectivity index (χ3n) is 2.57. The van der Waals surface area contributed by atoms with Gasteiger partial charge in [0.1, 0.15) is 11.5 Å². The molecule has 2 aromatic rings. The third kappa shape index (κ3) is 3.06. The zero-order chi connectivity index (χ0) is 14.0. The average molecular weight is 322 g/mol. The van der Waals surface area contributed by atoms with E-state index in [1.807, 2.05) is 25.1 Å². The number of halogens is 1. The van der Waals surface area contributed by atoms with Crippen LogP contribution in [0.2, 0.25) is 0 Å². The van der Waals surface area contributed by atoms with E-state index in [-0.39, 0.29) is 11.3 Å². The lowest BCUT2D eigenvalue weighted by atomic mass is 10.2. The van der Waals surface area contributed by atoms with Crippen LogP contribution in [-0.2, 0) is 0 Å². The minimum Gasteiger partial charge on any atom is -0.478 e. The van der Waals surface area contributed by atoms with Crippen LogP contribution in [0.3, 0.4) is 0 Å². The maximum atomic E-state index is 10.9. The van der Waals surface area contributed by atoms with Crippen molar-refractivity contribution in [1.29, 1.82) is 0 Å². The molecule has 0 aliphatic carbocycles. The number of anilines is 1. The SMILES string of the molecule is Cc1ccc(Oc2ccc(C(=O)O)c(N)c2)c(Br)c1. The predicted molar refractivity (Wildman–Crippen MR) is 76.8 cm³/mol. The van der Waals surface area contributed by atoms with Crippen LogP contribution >= 0.6 is 15.9 Å². The molecule has 5 heteroatoms. The standard InChI is InChI=1S/C14H12BrNO3/c1-8-2-5-13(11(15)6-8)19-9-3-4-10(14(17)18)12(16)7-9/h2-7H,16H2,1H3,(H,17,18). The molecule has 3 N–H and O–H groups in total. The third-order valence-corrected chi connectivity index (χ3v) is 3.19. The van der Waals surface area contributed by atoms with Gasteiger partial charge in [-0.25, -0.2) is 4.79 Å². The van der Waals surface area contributed by atoms with Gasteiger partial charge in [-0.3, -0.25) is 0 Å². The molecular weight excluding hydrogens is 310 g/mol. The van der Waals surface area contributed by atoms with Gasteiger partial charge in [0.15, 0.2) is 0 Å². The molecule has 0 saturated carbocycles. The number of nitrogens with two attached hydrogens (primary N) is 1. The summed E-state index contributed by atoms with van der Waals surface area (Å²) in [4.78, 5) is 10.9. The van der Waals surface area contributed by atoms with Gasteiger partial charge in [0, 0.05) is 11.8 Å². The fraction of sp³-hybridized carbons (Fsp3) is 0.0714. The van der Waals surface area contributed by atoms with Gasteiger partial charge in [0.25, 0.3) is 0 Å². The topological polar surface area (TPSA) is 72.5 Å². The average Bonchev–Trinajstić information content (AvgIpc) is 2.32. The molecule has 0 aliphatic rings. The second-order valence-corrected chi connectivity index (χ2v) is 4.94. The first-order valence-electron chi connectivity index (χ1n) is 5.54. The van der Waals surface area contributed by atoms with Crippen molar-refractivity contribution in [2.24, 2.45) is 0 Å². The van der Waals surface area contributed by atoms with Gasteiger partial charge in [0.05, 0.1) is 10.0 Å². The number of aromatic carboxylic acids is 1. The van der Waals surface area contributed by atoms with Crippen molar-refractivity contribution in [2.75, 3.05) is 5.73 Å². The molecule has 0 bridgehead atoms. The second kappa shape index (κ2) is 5.32. The summed E-state index contributed by atoms with van der Waals surface area (Å²) in [5.74, 6) is 0.0840. The smallest absolute Gasteiger partial charge is 0.337 e. The van der Waals surface area contributed by atoms with Crippen molar-refractivity contribution in [3.05, 3.63) is 52.0 Å². The largest absolute Gasteiger partial charge is 0.478 e. The Morgan fingerprint density at radius 1 is 1.26 bits per heavy atom. The van der Waals surface area contributed by atoms with E-state index in [1.54, 1.807) is 6.07 Å². The molecule has 0 unspecified atom stereocenters. The van der Waals surface area contributed by atoms with E-state index < -0.39 is 5.97 Å². The number of carboxylic acids is 1. The van der Waals surface area contributed by atoms with Gasteiger partial charge < -0.3 is 15.6 Å². The molecule has 0 aromatic heterocycles. The predicted octanol–water partition coefficient (Wildman–Crippen LogP) is 3.83. The summed E-state index contributed by atoms with van der Waals surface area (Å²) in [6, 6.07) is 10.2. The molecule has 0 spiro atoms. The lowest BCUT2D eigenvalue weighted by Gasteiger charge is -2.10. The number of rotatable bonds is 3. The minimum atomic E-state index is -1.06. The molecule has 0 aliphatic heterocycles. The molecule has 0 radical (unpaired) electrons. The summed E-state index contributed by atoms with van der Waals surface area (Å²) in [5, 5.41) is 8.89. The summed E-state index contributed by atoms with van der Waals surface area (Å²) >= 11 is 3.41. The number of hydrogen-bond donors (Lipinski definition) is 2. The first-order valence-corrected chi connectivity index (χ1v) is 6.33. The first-order chi connectivity index (χ1) is 8.97. The number of ether oxygens (including phenoxy) is 1. The highest BCUT2D eigenvalue weighted by Gasteiger charge is 2.09. The fourth-order valence-electron chi connectivity index (χ4n) is 1.61. The molecule has 2 rings (SSSR count). The van der Waals surface area contributed by atoms with E-state index in [0.29, 0.717) is 11.5 Å². The molecule has 0 amide bonds. The van der Waals surface area contributed by atoms with Crippen LogP contribution in [0, 0.1) is 6.92 Å². The number of carbonyl (C=O) groups is 1. The summed E-state index contributed by atoms with van der Waals surface area (Å²) < 4.78 is 6.49. The molecule has 98 valence electrons. The van der Waals surface area contributed by atoms with Crippen molar-refractivity contribution in [3.63, 3.8) is 0 Å². The Morgan fingerprint density at radius 3 is 2.58 bits per heavy atom. The lowest BCUT2D eigenvalue weighted by Crippen LogP contribution is -2.02. The molecule has 4 nitrogen and oxygen atoms in total. The first kappa shape index (κ1) is 13.4. The maximum absolute atomic E-state index is 10.9. The van der Waals surface area contributed by atoms with Gasteiger partial charge >= 0.3 is 5.97 Å². The summed E-state index contributed by atoms with van der Waals surface area (Å²) in [6.07, 6.45) is 0. The Hall–Kier alpha value is -2.01. The molecule has 0 heterocycles. The monoisotopic (exact) mass is 321 g/mol. The van der Waals surface area contributed by atoms with Crippen molar-refractivity contribution >= 4 is 27.6 Å². The van der Waals surface area contributed by atoms with Crippen molar-refractivity contribution in [1.82, 2.24) is 0 Å². The minimum absolute atomic E-state index is 0.0651. The van der Waals surface area contributed by atoms with E-state index in [4.69, 9.17) is 15.6 Å². The van der Waals surface area contributed by atoms with Gasteiger partial charge in [-0.15, -0.1) is 0 Å². The van der Waals surface area contributed by atoms with Crippen LogP contribution in [0.15, 0.2) is 40.9 Å². The van der Waals surface area contributed by atoms with Crippen LogP contribution < -0.4 is 10.5 Å². The van der Waals surface area contributed by atoms with Gasteiger partial charge in [-0.05, 0) is 52.7 Å². The van der Waals surface area contributed by atoms with Gasteiger partial charge in [-0.1, -0.05) is 6.07 Å². The quantitative estimate of drug-likeness (QED) is 0.843.